The molecule has 0 aromatic carbocycles. The summed E-state index contributed by atoms with van der Waals surface area (Å²) in [6, 6.07) is 0. The molecule has 0 aliphatic carbocycles. The molecule has 0 unspecified atom stereocenters. The van der Waals surface area contributed by atoms with Crippen molar-refractivity contribution in [1.82, 2.24) is 0 Å². The minimum absolute atomic E-state index is 0.158. The molecule has 9 nitrogen and oxygen atoms in total. The van der Waals surface area contributed by atoms with E-state index in [-0.39, 0.29) is 38.2 Å². The third kappa shape index (κ3) is 22.8. The Bertz CT molecular complexity index is 704. The van der Waals surface area contributed by atoms with Crippen LogP contribution >= 0.6 is 0 Å². The average molecular weight is 645 g/mol. The number of rotatable bonds is 30. The van der Waals surface area contributed by atoms with Crippen molar-refractivity contribution in [3.8, 4) is 0 Å². The zero-order valence-electron chi connectivity index (χ0n) is 28.8. The van der Waals surface area contributed by atoms with Gasteiger partial charge in [0.25, 0.3) is 0 Å². The number of carbonyl (C=O) groups excluding carboxylic acids is 2. The SMILES string of the molecule is CCCCCCCCCCCCCC(=O)OC[C@H](CO[C@@H]1OC[C@@H](O)[C@H](O)[C@H]1O)OC(=O)CCCCCCCCCCCCC. The van der Waals surface area contributed by atoms with E-state index in [0.717, 1.165) is 38.5 Å². The van der Waals surface area contributed by atoms with Crippen molar-refractivity contribution in [2.24, 2.45) is 0 Å². The predicted molar refractivity (Wildman–Crippen MR) is 177 cm³/mol. The van der Waals surface area contributed by atoms with E-state index in [2.05, 4.69) is 13.8 Å². The molecular weight excluding hydrogens is 576 g/mol. The minimum Gasteiger partial charge on any atom is -0.462 e. The van der Waals surface area contributed by atoms with Crippen LogP contribution in [0.4, 0.5) is 0 Å². The Morgan fingerprint density at radius 2 is 1.02 bits per heavy atom. The molecule has 1 aliphatic heterocycles. The first-order valence-electron chi connectivity index (χ1n) is 18.5. The number of aliphatic hydroxyl groups is 3. The van der Waals surface area contributed by atoms with Crippen LogP contribution in [0.25, 0.3) is 0 Å². The Kier molecular flexibility index (Phi) is 26.8. The molecule has 3 N–H and O–H groups in total. The number of hydrogen-bond donors (Lipinski definition) is 3. The summed E-state index contributed by atoms with van der Waals surface area (Å²) in [4.78, 5) is 25.0. The van der Waals surface area contributed by atoms with Gasteiger partial charge >= 0.3 is 11.9 Å². The van der Waals surface area contributed by atoms with Crippen LogP contribution in [-0.2, 0) is 28.5 Å². The monoisotopic (exact) mass is 644 g/mol. The van der Waals surface area contributed by atoms with E-state index in [0.29, 0.717) is 6.42 Å². The lowest BCUT2D eigenvalue weighted by Gasteiger charge is -2.35. The molecule has 0 bridgehead atoms. The van der Waals surface area contributed by atoms with Gasteiger partial charge < -0.3 is 34.3 Å². The zero-order chi connectivity index (χ0) is 33.0. The summed E-state index contributed by atoms with van der Waals surface area (Å²) in [5.74, 6) is -0.730. The molecule has 0 saturated carbocycles. The average Bonchev–Trinajstić information content (AvgIpc) is 3.03. The first-order chi connectivity index (χ1) is 21.9. The molecule has 45 heavy (non-hydrogen) atoms. The topological polar surface area (TPSA) is 132 Å². The summed E-state index contributed by atoms with van der Waals surface area (Å²) < 4.78 is 21.9. The van der Waals surface area contributed by atoms with Gasteiger partial charge in [0, 0.05) is 12.8 Å². The number of aliphatic hydroxyl groups excluding tert-OH is 3. The molecule has 9 heteroatoms. The van der Waals surface area contributed by atoms with Crippen molar-refractivity contribution in [3.05, 3.63) is 0 Å². The van der Waals surface area contributed by atoms with Crippen LogP contribution in [-0.4, -0.2) is 77.8 Å². The van der Waals surface area contributed by atoms with Gasteiger partial charge in [0.1, 0.15) is 24.9 Å². The summed E-state index contributed by atoms with van der Waals surface area (Å²) in [6.07, 6.45) is 20.7. The highest BCUT2D eigenvalue weighted by Gasteiger charge is 2.38. The molecule has 266 valence electrons. The molecule has 1 rings (SSSR count). The number of hydrogen-bond acceptors (Lipinski definition) is 9. The second-order valence-corrected chi connectivity index (χ2v) is 12.9. The van der Waals surface area contributed by atoms with E-state index in [9.17, 15) is 24.9 Å². The quantitative estimate of drug-likeness (QED) is 0.0544. The molecule has 1 aliphatic rings. The van der Waals surface area contributed by atoms with E-state index in [1.165, 1.54) is 103 Å². The minimum atomic E-state index is -1.45. The number of ether oxygens (including phenoxy) is 4. The predicted octanol–water partition coefficient (Wildman–Crippen LogP) is 7.30. The van der Waals surface area contributed by atoms with Crippen LogP contribution in [0.15, 0.2) is 0 Å². The molecule has 0 amide bonds. The van der Waals surface area contributed by atoms with E-state index in [4.69, 9.17) is 18.9 Å². The smallest absolute Gasteiger partial charge is 0.306 e. The standard InChI is InChI=1S/C36H68O9/c1-3-5-7-9-11-13-15-17-19-21-23-25-32(38)42-27-30(28-43-36-35(41)34(40)31(37)29-44-36)45-33(39)26-24-22-20-18-16-14-12-10-8-6-4-2/h30-31,34-37,40-41H,3-29H2,1-2H3/t30-,31-,34+,35-,36-/m1/s1. The van der Waals surface area contributed by atoms with E-state index in [1.807, 2.05) is 0 Å². The molecule has 5 atom stereocenters. The van der Waals surface area contributed by atoms with Crippen LogP contribution in [0.3, 0.4) is 0 Å². The lowest BCUT2D eigenvalue weighted by molar-refractivity contribution is -0.275. The highest BCUT2D eigenvalue weighted by atomic mass is 16.7. The maximum atomic E-state index is 12.6. The third-order valence-corrected chi connectivity index (χ3v) is 8.60. The van der Waals surface area contributed by atoms with Crippen LogP contribution in [0, 0.1) is 0 Å². The fourth-order valence-corrected chi connectivity index (χ4v) is 5.61. The molecular formula is C36H68O9. The first-order valence-corrected chi connectivity index (χ1v) is 18.5. The van der Waals surface area contributed by atoms with Crippen molar-refractivity contribution in [2.75, 3.05) is 19.8 Å². The maximum absolute atomic E-state index is 12.6. The van der Waals surface area contributed by atoms with Gasteiger partial charge in [0.05, 0.1) is 13.2 Å². The molecule has 1 saturated heterocycles. The Balaban J connectivity index is 2.31. The second-order valence-electron chi connectivity index (χ2n) is 12.9. The number of carbonyl (C=O) groups is 2. The molecule has 0 spiro atoms. The van der Waals surface area contributed by atoms with Gasteiger partial charge in [-0.1, -0.05) is 142 Å². The van der Waals surface area contributed by atoms with Crippen molar-refractivity contribution < 1.29 is 43.9 Å². The fraction of sp³-hybridized carbons (Fsp3) is 0.944. The molecule has 0 aromatic heterocycles. The lowest BCUT2D eigenvalue weighted by Crippen LogP contribution is -2.54. The normalized spacial score (nSPS) is 20.6. The van der Waals surface area contributed by atoms with Gasteiger partial charge in [0.15, 0.2) is 12.4 Å². The third-order valence-electron chi connectivity index (χ3n) is 8.60. The van der Waals surface area contributed by atoms with Gasteiger partial charge in [-0.15, -0.1) is 0 Å². The number of unbranched alkanes of at least 4 members (excludes halogenated alkanes) is 20. The summed E-state index contributed by atoms with van der Waals surface area (Å²) in [7, 11) is 0. The van der Waals surface area contributed by atoms with E-state index < -0.39 is 30.7 Å². The summed E-state index contributed by atoms with van der Waals surface area (Å²) in [5.41, 5.74) is 0. The Morgan fingerprint density at radius 1 is 0.600 bits per heavy atom. The van der Waals surface area contributed by atoms with Crippen molar-refractivity contribution in [2.45, 2.75) is 199 Å². The van der Waals surface area contributed by atoms with Crippen LogP contribution in [0.1, 0.15) is 168 Å². The Labute approximate surface area is 274 Å². The first kappa shape index (κ1) is 41.8. The van der Waals surface area contributed by atoms with E-state index in [1.54, 1.807) is 0 Å². The summed E-state index contributed by atoms with van der Waals surface area (Å²) in [6.45, 7) is 3.93. The van der Waals surface area contributed by atoms with Gasteiger partial charge in [-0.25, -0.2) is 0 Å². The largest absolute Gasteiger partial charge is 0.462 e. The fourth-order valence-electron chi connectivity index (χ4n) is 5.61. The molecule has 1 heterocycles. The van der Waals surface area contributed by atoms with Crippen molar-refractivity contribution >= 4 is 11.9 Å². The van der Waals surface area contributed by atoms with Crippen LogP contribution < -0.4 is 0 Å². The zero-order valence-corrected chi connectivity index (χ0v) is 28.8. The Morgan fingerprint density at radius 3 is 1.49 bits per heavy atom. The lowest BCUT2D eigenvalue weighted by atomic mass is 10.1. The van der Waals surface area contributed by atoms with Crippen molar-refractivity contribution in [1.29, 1.82) is 0 Å². The Hall–Kier alpha value is -1.26. The van der Waals surface area contributed by atoms with Crippen LogP contribution in [0.5, 0.6) is 0 Å². The number of esters is 2. The van der Waals surface area contributed by atoms with E-state index >= 15 is 0 Å². The highest BCUT2D eigenvalue weighted by molar-refractivity contribution is 5.70. The maximum Gasteiger partial charge on any atom is 0.306 e. The van der Waals surface area contributed by atoms with Gasteiger partial charge in [-0.05, 0) is 12.8 Å². The summed E-state index contributed by atoms with van der Waals surface area (Å²) in [5, 5.41) is 29.8. The second kappa shape index (κ2) is 28.9. The van der Waals surface area contributed by atoms with Gasteiger partial charge in [0.2, 0.25) is 0 Å². The highest BCUT2D eigenvalue weighted by Crippen LogP contribution is 2.18. The molecule has 1 fully saturated rings. The van der Waals surface area contributed by atoms with Gasteiger partial charge in [-0.2, -0.15) is 0 Å². The van der Waals surface area contributed by atoms with Gasteiger partial charge in [-0.3, -0.25) is 9.59 Å². The van der Waals surface area contributed by atoms with Crippen molar-refractivity contribution in [3.63, 3.8) is 0 Å². The summed E-state index contributed by atoms with van der Waals surface area (Å²) >= 11 is 0. The van der Waals surface area contributed by atoms with Crippen LogP contribution in [0.2, 0.25) is 0 Å². The molecule has 0 radical (unpaired) electrons. The molecule has 0 aromatic rings.